The molecule has 3 aliphatic carbocycles. The molecule has 0 bridgehead atoms. The molecule has 202 valence electrons. The topological polar surface area (TPSA) is 92.5 Å². The minimum atomic E-state index is -1.00. The van der Waals surface area contributed by atoms with E-state index in [9.17, 15) is 10.0 Å². The number of benzene rings is 1. The molecule has 2 N–H and O–H groups in total. The average molecular weight is 512 g/mol. The summed E-state index contributed by atoms with van der Waals surface area (Å²) in [5, 5.41) is 19.2. The minimum absolute atomic E-state index is 0.120. The van der Waals surface area contributed by atoms with Gasteiger partial charge in [0.2, 0.25) is 0 Å². The number of carbonyl (C=O) groups is 1. The van der Waals surface area contributed by atoms with Gasteiger partial charge in [-0.25, -0.2) is 10.0 Å². The third kappa shape index (κ3) is 4.27. The molecule has 2 aliphatic heterocycles. The highest BCUT2D eigenvalue weighted by Gasteiger charge is 2.61. The number of hydrogen-bond donors (Lipinski definition) is 2. The fraction of sp³-hybridized carbons (Fsp3) is 0.700. The zero-order valence-corrected chi connectivity index (χ0v) is 22.2. The van der Waals surface area contributed by atoms with Gasteiger partial charge in [0.1, 0.15) is 6.10 Å². The number of nitrogens with one attached hydrogen (secondary N) is 1. The van der Waals surface area contributed by atoms with E-state index in [1.165, 1.54) is 43.5 Å². The molecular weight excluding hydrogens is 470 g/mol. The zero-order chi connectivity index (χ0) is 25.9. The maximum absolute atomic E-state index is 12.8. The summed E-state index contributed by atoms with van der Waals surface area (Å²) in [6, 6.07) is 5.97. The second kappa shape index (κ2) is 9.45. The first kappa shape index (κ1) is 25.5. The lowest BCUT2D eigenvalue weighted by molar-refractivity contribution is -0.991. The first-order chi connectivity index (χ1) is 17.7. The lowest BCUT2D eigenvalue weighted by atomic mass is 9.50. The van der Waals surface area contributed by atoms with Crippen LogP contribution in [0.5, 0.6) is 0 Å². The predicted octanol–water partition coefficient (Wildman–Crippen LogP) is 4.81. The van der Waals surface area contributed by atoms with E-state index in [4.69, 9.17) is 19.4 Å². The van der Waals surface area contributed by atoms with Crippen molar-refractivity contribution in [2.75, 3.05) is 6.61 Å². The normalized spacial score (nSPS) is 45.5. The summed E-state index contributed by atoms with van der Waals surface area (Å²) >= 11 is 0. The second-order valence-corrected chi connectivity index (χ2v) is 12.7. The van der Waals surface area contributed by atoms with Crippen LogP contribution in [-0.2, 0) is 14.2 Å². The Morgan fingerprint density at radius 2 is 1.89 bits per heavy atom. The van der Waals surface area contributed by atoms with Gasteiger partial charge in [-0.05, 0) is 79.7 Å². The first-order valence-corrected chi connectivity index (χ1v) is 14.2. The van der Waals surface area contributed by atoms with E-state index in [-0.39, 0.29) is 29.3 Å². The monoisotopic (exact) mass is 511 g/mol. The van der Waals surface area contributed by atoms with Gasteiger partial charge in [-0.3, -0.25) is 0 Å². The quantitative estimate of drug-likeness (QED) is 0.344. The molecule has 7 nitrogen and oxygen atoms in total. The van der Waals surface area contributed by atoms with E-state index in [0.717, 1.165) is 32.3 Å². The van der Waals surface area contributed by atoms with Gasteiger partial charge < -0.3 is 19.4 Å². The number of hydrogen-bond acceptors (Lipinski definition) is 6. The summed E-state index contributed by atoms with van der Waals surface area (Å²) in [4.78, 5) is 12.8. The standard InChI is InChI=1S/C30H41NO6/c1-18-12-15-30(35-17-18)19(2)24-10-11-26-25(27(24)37-30)9-6-21-16-23(13-14-29(21,26)3)36-28(32)20-4-7-22(8-5-20)31(33)34/h4-9,18-19,21,23-27,31,33H,10-17H2,1-3H3/t18?,19?,21?,23?,24?,25?,26?,27?,29-,30?/m0/s1. The molecule has 5 aliphatic rings. The summed E-state index contributed by atoms with van der Waals surface area (Å²) in [7, 11) is 0. The molecule has 2 saturated heterocycles. The van der Waals surface area contributed by atoms with Crippen LogP contribution in [0.4, 0.5) is 5.69 Å². The van der Waals surface area contributed by atoms with E-state index in [1.807, 2.05) is 0 Å². The van der Waals surface area contributed by atoms with Crippen molar-refractivity contribution in [3.05, 3.63) is 47.2 Å². The smallest absolute Gasteiger partial charge is 0.338 e. The summed E-state index contributed by atoms with van der Waals surface area (Å²) in [6.45, 7) is 7.88. The molecule has 7 heteroatoms. The van der Waals surface area contributed by atoms with E-state index < -0.39 is 11.0 Å². The van der Waals surface area contributed by atoms with Crippen LogP contribution in [0.25, 0.3) is 0 Å². The summed E-state index contributed by atoms with van der Waals surface area (Å²) in [5.74, 6) is 2.23. The number of esters is 1. The molecular formula is C30H41NO6. The van der Waals surface area contributed by atoms with Crippen molar-refractivity contribution in [2.45, 2.75) is 83.7 Å². The Balaban J connectivity index is 1.14. The molecule has 1 spiro atoms. The van der Waals surface area contributed by atoms with E-state index in [0.29, 0.717) is 41.1 Å². The number of fused-ring (bicyclic) bond motifs is 5. The molecule has 11 atom stereocenters. The Morgan fingerprint density at radius 1 is 1.11 bits per heavy atom. The largest absolute Gasteiger partial charge is 0.595 e. The molecule has 10 unspecified atom stereocenters. The van der Waals surface area contributed by atoms with Crippen LogP contribution >= 0.6 is 0 Å². The number of rotatable bonds is 3. The van der Waals surface area contributed by atoms with E-state index >= 15 is 0 Å². The van der Waals surface area contributed by atoms with Gasteiger partial charge in [0.15, 0.2) is 11.5 Å². The van der Waals surface area contributed by atoms with Crippen molar-refractivity contribution in [2.24, 2.45) is 40.9 Å². The molecule has 0 radical (unpaired) electrons. The Morgan fingerprint density at radius 3 is 2.59 bits per heavy atom. The Bertz CT molecular complexity index is 1030. The number of quaternary nitrogens is 1. The van der Waals surface area contributed by atoms with Crippen LogP contribution in [0, 0.1) is 46.1 Å². The van der Waals surface area contributed by atoms with Crippen molar-refractivity contribution in [3.63, 3.8) is 0 Å². The van der Waals surface area contributed by atoms with Gasteiger partial charge >= 0.3 is 5.97 Å². The summed E-state index contributed by atoms with van der Waals surface area (Å²) in [6.07, 6.45) is 12.3. The highest BCUT2D eigenvalue weighted by atomic mass is 16.8. The predicted molar refractivity (Wildman–Crippen MR) is 137 cm³/mol. The molecule has 2 saturated carbocycles. The van der Waals surface area contributed by atoms with Crippen LogP contribution in [0.1, 0.15) is 76.1 Å². The zero-order valence-electron chi connectivity index (χ0n) is 22.2. The maximum Gasteiger partial charge on any atom is 0.338 e. The van der Waals surface area contributed by atoms with Gasteiger partial charge in [-0.1, -0.05) is 32.9 Å². The summed E-state index contributed by atoms with van der Waals surface area (Å²) < 4.78 is 19.3. The van der Waals surface area contributed by atoms with Crippen molar-refractivity contribution in [3.8, 4) is 0 Å². The molecule has 37 heavy (non-hydrogen) atoms. The average Bonchev–Trinajstić information content (AvgIpc) is 3.17. The van der Waals surface area contributed by atoms with Crippen LogP contribution in [0.2, 0.25) is 0 Å². The molecule has 0 amide bonds. The van der Waals surface area contributed by atoms with Crippen LogP contribution in [0.15, 0.2) is 36.4 Å². The third-order valence-corrected chi connectivity index (χ3v) is 10.8. The van der Waals surface area contributed by atoms with Crippen molar-refractivity contribution >= 4 is 11.7 Å². The minimum Gasteiger partial charge on any atom is -0.595 e. The SMILES string of the molecule is CC1CCC2(OC1)OC1C3C=CC4CC(OC(=O)c5ccc([NH+]([O-])O)cc5)CC[C@]4(C)C3CCC1C2C. The number of carbonyl (C=O) groups excluding carboxylic acids is 1. The van der Waals surface area contributed by atoms with Crippen LogP contribution in [0.3, 0.4) is 0 Å². The van der Waals surface area contributed by atoms with Gasteiger partial charge in [0.05, 0.1) is 18.3 Å². The highest BCUT2D eigenvalue weighted by Crippen LogP contribution is 2.62. The van der Waals surface area contributed by atoms with Crippen molar-refractivity contribution < 1.29 is 29.4 Å². The van der Waals surface area contributed by atoms with Crippen LogP contribution in [-0.4, -0.2) is 35.8 Å². The molecule has 1 aromatic rings. The second-order valence-electron chi connectivity index (χ2n) is 12.7. The summed E-state index contributed by atoms with van der Waals surface area (Å²) in [5.41, 5.74) is 0.746. The Labute approximate surface area is 219 Å². The van der Waals surface area contributed by atoms with Crippen molar-refractivity contribution in [1.82, 2.24) is 0 Å². The molecule has 6 rings (SSSR count). The lowest BCUT2D eigenvalue weighted by Crippen LogP contribution is -2.99. The van der Waals surface area contributed by atoms with E-state index in [1.54, 1.807) is 0 Å². The fourth-order valence-electron chi connectivity index (χ4n) is 8.38. The van der Waals surface area contributed by atoms with Gasteiger partial charge in [-0.15, -0.1) is 0 Å². The number of allylic oxidation sites excluding steroid dienone is 1. The number of ether oxygens (including phenoxy) is 3. The van der Waals surface area contributed by atoms with Gasteiger partial charge in [0, 0.05) is 30.4 Å². The molecule has 1 aromatic carbocycles. The fourth-order valence-corrected chi connectivity index (χ4v) is 8.38. The third-order valence-electron chi connectivity index (χ3n) is 10.8. The highest BCUT2D eigenvalue weighted by molar-refractivity contribution is 5.89. The van der Waals surface area contributed by atoms with Crippen LogP contribution < -0.4 is 5.23 Å². The maximum atomic E-state index is 12.8. The van der Waals surface area contributed by atoms with Gasteiger partial charge in [0.25, 0.3) is 0 Å². The Hall–Kier alpha value is -1.77. The lowest BCUT2D eigenvalue weighted by Gasteiger charge is -2.55. The first-order valence-electron chi connectivity index (χ1n) is 14.2. The van der Waals surface area contributed by atoms with Gasteiger partial charge in [-0.2, -0.15) is 5.23 Å². The molecule has 2 heterocycles. The van der Waals surface area contributed by atoms with Crippen molar-refractivity contribution in [1.29, 1.82) is 0 Å². The molecule has 0 aromatic heterocycles. The van der Waals surface area contributed by atoms with E-state index in [2.05, 4.69) is 32.9 Å². The molecule has 4 fully saturated rings. The Kier molecular flexibility index (Phi) is 6.52.